The van der Waals surface area contributed by atoms with Gasteiger partial charge in [0.05, 0.1) is 0 Å². The molecule has 0 fully saturated rings. The maximum atomic E-state index is 8.36. The Morgan fingerprint density at radius 3 is 2.63 bits per heavy atom. The third-order valence-electron chi connectivity index (χ3n) is 2.81. The number of guanidine groups is 1. The second kappa shape index (κ2) is 6.43. The van der Waals surface area contributed by atoms with E-state index in [2.05, 4.69) is 24.1 Å². The van der Waals surface area contributed by atoms with Crippen LogP contribution in [0.25, 0.3) is 0 Å². The number of nitrogens with one attached hydrogen (secondary N) is 1. The van der Waals surface area contributed by atoms with E-state index >= 15 is 0 Å². The monoisotopic (exact) mass is 267 g/mol. The highest BCUT2D eigenvalue weighted by Gasteiger charge is 2.17. The first kappa shape index (κ1) is 14.6. The SMILES string of the molecule is CN1CCN(C(=N)N)Cc2ccccc21.O=[N+]([O-])O. The average Bonchev–Trinajstić information content (AvgIpc) is 2.49. The van der Waals surface area contributed by atoms with Crippen molar-refractivity contribution in [3.8, 4) is 0 Å². The van der Waals surface area contributed by atoms with Gasteiger partial charge in [-0.3, -0.25) is 5.41 Å². The van der Waals surface area contributed by atoms with Gasteiger partial charge in [0.1, 0.15) is 0 Å². The second-order valence-corrected chi connectivity index (χ2v) is 4.09. The molecule has 0 bridgehead atoms. The molecule has 19 heavy (non-hydrogen) atoms. The van der Waals surface area contributed by atoms with E-state index in [0.29, 0.717) is 0 Å². The third kappa shape index (κ3) is 4.34. The van der Waals surface area contributed by atoms with Gasteiger partial charge >= 0.3 is 0 Å². The number of likely N-dealkylation sites (N-methyl/N-ethyl adjacent to an activating group) is 1. The van der Waals surface area contributed by atoms with Crippen molar-refractivity contribution in [1.82, 2.24) is 4.90 Å². The molecule has 0 saturated carbocycles. The lowest BCUT2D eigenvalue weighted by Gasteiger charge is -2.20. The van der Waals surface area contributed by atoms with Crippen molar-refractivity contribution in [3.05, 3.63) is 39.9 Å². The number of anilines is 1. The fraction of sp³-hybridized carbons (Fsp3) is 0.364. The first-order chi connectivity index (χ1) is 8.91. The molecule has 1 aliphatic rings. The molecule has 0 saturated heterocycles. The van der Waals surface area contributed by atoms with Crippen LogP contribution in [0.3, 0.4) is 0 Å². The average molecular weight is 267 g/mol. The Labute approximate surface area is 110 Å². The van der Waals surface area contributed by atoms with Gasteiger partial charge in [0, 0.05) is 32.4 Å². The fourth-order valence-electron chi connectivity index (χ4n) is 1.90. The minimum absolute atomic E-state index is 0.153. The van der Waals surface area contributed by atoms with Gasteiger partial charge in [0.25, 0.3) is 5.09 Å². The van der Waals surface area contributed by atoms with Crippen molar-refractivity contribution in [2.24, 2.45) is 5.73 Å². The summed E-state index contributed by atoms with van der Waals surface area (Å²) in [6.07, 6.45) is 0. The maximum Gasteiger partial charge on any atom is 0.291 e. The molecular weight excluding hydrogens is 250 g/mol. The zero-order valence-corrected chi connectivity index (χ0v) is 10.6. The van der Waals surface area contributed by atoms with Crippen LogP contribution in [0.5, 0.6) is 0 Å². The molecule has 0 aromatic heterocycles. The van der Waals surface area contributed by atoms with Gasteiger partial charge in [-0.05, 0) is 11.6 Å². The van der Waals surface area contributed by atoms with Crippen LogP contribution in [0.4, 0.5) is 5.69 Å². The van der Waals surface area contributed by atoms with Crippen LogP contribution >= 0.6 is 0 Å². The molecule has 1 aromatic rings. The minimum atomic E-state index is -1.50. The van der Waals surface area contributed by atoms with E-state index in [-0.39, 0.29) is 5.96 Å². The molecule has 0 aliphatic carbocycles. The fourth-order valence-corrected chi connectivity index (χ4v) is 1.90. The number of benzene rings is 1. The van der Waals surface area contributed by atoms with Crippen molar-refractivity contribution in [3.63, 3.8) is 0 Å². The Morgan fingerprint density at radius 2 is 2.05 bits per heavy atom. The molecular formula is C11H17N5O3. The maximum absolute atomic E-state index is 8.36. The van der Waals surface area contributed by atoms with E-state index in [1.54, 1.807) is 0 Å². The van der Waals surface area contributed by atoms with E-state index < -0.39 is 5.09 Å². The Morgan fingerprint density at radius 1 is 1.47 bits per heavy atom. The van der Waals surface area contributed by atoms with Crippen molar-refractivity contribution in [1.29, 1.82) is 5.41 Å². The van der Waals surface area contributed by atoms with Crippen LogP contribution in [0, 0.1) is 15.5 Å². The van der Waals surface area contributed by atoms with Gasteiger partial charge in [-0.15, -0.1) is 10.1 Å². The van der Waals surface area contributed by atoms with Crippen molar-refractivity contribution < 1.29 is 10.3 Å². The molecule has 4 N–H and O–H groups in total. The standard InChI is InChI=1S/C11H16N4.HNO3/c1-14-6-7-15(11(12)13)8-9-4-2-3-5-10(9)14;2-1(3)4/h2-5H,6-8H2,1H3,(H3,12,13);(H,2,3,4). The Balaban J connectivity index is 0.000000399. The smallest absolute Gasteiger partial charge is 0.291 e. The van der Waals surface area contributed by atoms with Crippen molar-refractivity contribution >= 4 is 11.6 Å². The molecule has 1 heterocycles. The number of fused-ring (bicyclic) bond motifs is 1. The summed E-state index contributed by atoms with van der Waals surface area (Å²) in [5.41, 5.74) is 8.00. The van der Waals surface area contributed by atoms with Gasteiger partial charge in [-0.25, -0.2) is 0 Å². The lowest BCUT2D eigenvalue weighted by atomic mass is 10.1. The van der Waals surface area contributed by atoms with Crippen LogP contribution in [0.1, 0.15) is 5.56 Å². The van der Waals surface area contributed by atoms with Crippen LogP contribution in [-0.2, 0) is 6.54 Å². The summed E-state index contributed by atoms with van der Waals surface area (Å²) in [5, 5.41) is 21.1. The van der Waals surface area contributed by atoms with Gasteiger partial charge in [0.2, 0.25) is 0 Å². The number of nitrogens with zero attached hydrogens (tertiary/aromatic N) is 3. The molecule has 8 nitrogen and oxygen atoms in total. The minimum Gasteiger partial charge on any atom is -0.373 e. The lowest BCUT2D eigenvalue weighted by molar-refractivity contribution is -0.742. The zero-order chi connectivity index (χ0) is 14.4. The summed E-state index contributed by atoms with van der Waals surface area (Å²) in [7, 11) is 2.07. The molecule has 0 atom stereocenters. The molecule has 104 valence electrons. The van der Waals surface area contributed by atoms with Crippen LogP contribution in [0.15, 0.2) is 24.3 Å². The highest BCUT2D eigenvalue weighted by molar-refractivity contribution is 5.75. The molecule has 0 unspecified atom stereocenters. The summed E-state index contributed by atoms with van der Waals surface area (Å²) in [6.45, 7) is 2.44. The van der Waals surface area contributed by atoms with Gasteiger partial charge in [-0.2, -0.15) is 0 Å². The molecule has 0 radical (unpaired) electrons. The molecule has 1 aromatic carbocycles. The van der Waals surface area contributed by atoms with E-state index in [9.17, 15) is 0 Å². The van der Waals surface area contributed by atoms with Crippen molar-refractivity contribution in [2.75, 3.05) is 25.0 Å². The number of para-hydroxylation sites is 1. The summed E-state index contributed by atoms with van der Waals surface area (Å²) < 4.78 is 0. The predicted octanol–water partition coefficient (Wildman–Crippen LogP) is 0.484. The zero-order valence-electron chi connectivity index (χ0n) is 10.6. The van der Waals surface area contributed by atoms with E-state index in [0.717, 1.165) is 19.6 Å². The van der Waals surface area contributed by atoms with Gasteiger partial charge in [0.15, 0.2) is 5.96 Å². The molecule has 0 spiro atoms. The number of nitrogens with two attached hydrogens (primary N) is 1. The van der Waals surface area contributed by atoms with Gasteiger partial charge < -0.3 is 20.7 Å². The topological polar surface area (TPSA) is 120 Å². The van der Waals surface area contributed by atoms with Gasteiger partial charge in [-0.1, -0.05) is 18.2 Å². The van der Waals surface area contributed by atoms with Crippen LogP contribution in [0.2, 0.25) is 0 Å². The quantitative estimate of drug-likeness (QED) is 0.272. The van der Waals surface area contributed by atoms with E-state index in [1.807, 2.05) is 17.0 Å². The summed E-state index contributed by atoms with van der Waals surface area (Å²) in [5.74, 6) is 0.153. The molecule has 2 rings (SSSR count). The number of rotatable bonds is 0. The van der Waals surface area contributed by atoms with Crippen molar-refractivity contribution in [2.45, 2.75) is 6.54 Å². The van der Waals surface area contributed by atoms with Crippen LogP contribution < -0.4 is 10.6 Å². The Bertz CT molecular complexity index is 461. The first-order valence-corrected chi connectivity index (χ1v) is 5.63. The number of hydrogen-bond donors (Lipinski definition) is 3. The highest BCUT2D eigenvalue weighted by Crippen LogP contribution is 2.23. The third-order valence-corrected chi connectivity index (χ3v) is 2.81. The summed E-state index contributed by atoms with van der Waals surface area (Å²) in [4.78, 5) is 12.5. The summed E-state index contributed by atoms with van der Waals surface area (Å²) >= 11 is 0. The normalized spacial score (nSPS) is 13.7. The van der Waals surface area contributed by atoms with Crippen LogP contribution in [-0.4, -0.2) is 41.3 Å². The summed E-state index contributed by atoms with van der Waals surface area (Å²) in [6, 6.07) is 8.27. The predicted molar refractivity (Wildman–Crippen MR) is 70.8 cm³/mol. The largest absolute Gasteiger partial charge is 0.373 e. The molecule has 1 aliphatic heterocycles. The molecule has 0 amide bonds. The van der Waals surface area contributed by atoms with E-state index in [4.69, 9.17) is 26.5 Å². The highest BCUT2D eigenvalue weighted by atomic mass is 16.9. The Kier molecular flexibility index (Phi) is 4.92. The lowest BCUT2D eigenvalue weighted by Crippen LogP contribution is -2.38. The number of hydrogen-bond acceptors (Lipinski definition) is 4. The first-order valence-electron chi connectivity index (χ1n) is 5.63. The second-order valence-electron chi connectivity index (χ2n) is 4.09. The molecule has 8 heteroatoms. The Hall–Kier alpha value is -2.51. The van der Waals surface area contributed by atoms with E-state index in [1.165, 1.54) is 11.3 Å².